The van der Waals surface area contributed by atoms with E-state index in [4.69, 9.17) is 5.73 Å². The molecular formula is C18H23N3O2. The van der Waals surface area contributed by atoms with Crippen molar-refractivity contribution in [1.82, 2.24) is 9.88 Å². The maximum absolute atomic E-state index is 12.4. The van der Waals surface area contributed by atoms with Gasteiger partial charge in [-0.15, -0.1) is 0 Å². The van der Waals surface area contributed by atoms with E-state index >= 15 is 0 Å². The highest BCUT2D eigenvalue weighted by Crippen LogP contribution is 2.24. The molecule has 1 aromatic heterocycles. The normalized spacial score (nSPS) is 16.0. The highest BCUT2D eigenvalue weighted by Gasteiger charge is 2.25. The summed E-state index contributed by atoms with van der Waals surface area (Å²) >= 11 is 0. The summed E-state index contributed by atoms with van der Waals surface area (Å²) in [6.07, 6.45) is 2.62. The van der Waals surface area contributed by atoms with E-state index in [0.717, 1.165) is 17.6 Å². The summed E-state index contributed by atoms with van der Waals surface area (Å²) in [5, 5.41) is 1.20. The number of nitrogens with two attached hydrogens (primary N) is 1. The Morgan fingerprint density at radius 2 is 1.96 bits per heavy atom. The number of rotatable bonds is 4. The van der Waals surface area contributed by atoms with Gasteiger partial charge in [-0.25, -0.2) is 0 Å². The van der Waals surface area contributed by atoms with Gasteiger partial charge < -0.3 is 15.6 Å². The molecule has 5 nitrogen and oxygen atoms in total. The molecule has 0 radical (unpaired) electrons. The number of likely N-dealkylation sites (tertiary alicyclic amines) is 1. The summed E-state index contributed by atoms with van der Waals surface area (Å²) in [7, 11) is 0. The molecule has 2 amide bonds. The smallest absolute Gasteiger partial charge is 0.222 e. The molecule has 2 aromatic rings. The largest absolute Gasteiger partial charge is 0.369 e. The molecule has 3 N–H and O–H groups in total. The fourth-order valence-electron chi connectivity index (χ4n) is 3.46. The van der Waals surface area contributed by atoms with Gasteiger partial charge in [0, 0.05) is 42.0 Å². The molecule has 0 bridgehead atoms. The number of benzene rings is 1. The quantitative estimate of drug-likeness (QED) is 0.907. The zero-order valence-electron chi connectivity index (χ0n) is 13.5. The van der Waals surface area contributed by atoms with Crippen LogP contribution < -0.4 is 5.73 Å². The maximum Gasteiger partial charge on any atom is 0.222 e. The molecule has 0 atom stereocenters. The number of nitrogens with one attached hydrogen (secondary N) is 1. The SMILES string of the molecule is Cc1[nH]c2ccccc2c1CCC(=O)N1CCC(C(N)=O)CC1. The second kappa shape index (κ2) is 6.44. The number of fused-ring (bicyclic) bond motifs is 1. The van der Waals surface area contributed by atoms with Crippen LogP contribution in [0.4, 0.5) is 0 Å². The molecule has 0 unspecified atom stereocenters. The van der Waals surface area contributed by atoms with Crippen LogP contribution in [0.1, 0.15) is 30.5 Å². The first-order valence-corrected chi connectivity index (χ1v) is 8.19. The van der Waals surface area contributed by atoms with Crippen LogP contribution in [-0.4, -0.2) is 34.8 Å². The molecule has 2 heterocycles. The number of amides is 2. The number of aryl methyl sites for hydroxylation is 2. The van der Waals surface area contributed by atoms with Gasteiger partial charge in [0.1, 0.15) is 0 Å². The number of aromatic amines is 1. The number of hydrogen-bond acceptors (Lipinski definition) is 2. The third-order valence-corrected chi connectivity index (χ3v) is 4.87. The Balaban J connectivity index is 1.61. The molecule has 5 heteroatoms. The number of aromatic nitrogens is 1. The summed E-state index contributed by atoms with van der Waals surface area (Å²) in [5.41, 5.74) is 8.81. The van der Waals surface area contributed by atoms with E-state index in [-0.39, 0.29) is 17.7 Å². The lowest BCUT2D eigenvalue weighted by atomic mass is 9.96. The first-order chi connectivity index (χ1) is 11.1. The van der Waals surface area contributed by atoms with E-state index in [2.05, 4.69) is 24.0 Å². The standard InChI is InChI=1S/C18H23N3O2/c1-12-14(15-4-2-3-5-16(15)20-12)6-7-17(22)21-10-8-13(9-11-21)18(19)23/h2-5,13,20H,6-11H2,1H3,(H2,19,23). The number of carbonyl (C=O) groups excluding carboxylic acids is 2. The van der Waals surface area contributed by atoms with Crippen molar-refractivity contribution in [3.8, 4) is 0 Å². The van der Waals surface area contributed by atoms with Gasteiger partial charge in [0.15, 0.2) is 0 Å². The van der Waals surface area contributed by atoms with E-state index in [9.17, 15) is 9.59 Å². The molecule has 1 saturated heterocycles. The van der Waals surface area contributed by atoms with Crippen LogP contribution in [0.5, 0.6) is 0 Å². The van der Waals surface area contributed by atoms with Gasteiger partial charge in [-0.1, -0.05) is 18.2 Å². The molecule has 122 valence electrons. The molecule has 1 aliphatic heterocycles. The average molecular weight is 313 g/mol. The van der Waals surface area contributed by atoms with E-state index in [1.165, 1.54) is 10.9 Å². The van der Waals surface area contributed by atoms with Gasteiger partial charge in [-0.2, -0.15) is 0 Å². The van der Waals surface area contributed by atoms with Crippen molar-refractivity contribution in [3.63, 3.8) is 0 Å². The summed E-state index contributed by atoms with van der Waals surface area (Å²) in [5.74, 6) is -0.154. The lowest BCUT2D eigenvalue weighted by molar-refractivity contribution is -0.134. The molecular weight excluding hydrogens is 290 g/mol. The molecule has 1 aromatic carbocycles. The highest BCUT2D eigenvalue weighted by atomic mass is 16.2. The second-order valence-electron chi connectivity index (χ2n) is 6.33. The monoisotopic (exact) mass is 313 g/mol. The van der Waals surface area contributed by atoms with Gasteiger partial charge in [0.05, 0.1) is 0 Å². The number of piperidine rings is 1. The fourth-order valence-corrected chi connectivity index (χ4v) is 3.46. The minimum atomic E-state index is -0.244. The Morgan fingerprint density at radius 3 is 2.65 bits per heavy atom. The van der Waals surface area contributed by atoms with Gasteiger partial charge in [0.2, 0.25) is 11.8 Å². The van der Waals surface area contributed by atoms with Gasteiger partial charge >= 0.3 is 0 Å². The molecule has 3 rings (SSSR count). The lowest BCUT2D eigenvalue weighted by Crippen LogP contribution is -2.41. The Kier molecular flexibility index (Phi) is 4.37. The number of para-hydroxylation sites is 1. The van der Waals surface area contributed by atoms with E-state index in [0.29, 0.717) is 32.4 Å². The van der Waals surface area contributed by atoms with Crippen LogP contribution in [0.2, 0.25) is 0 Å². The summed E-state index contributed by atoms with van der Waals surface area (Å²) < 4.78 is 0. The minimum Gasteiger partial charge on any atom is -0.369 e. The Hall–Kier alpha value is -2.30. The Bertz CT molecular complexity index is 727. The van der Waals surface area contributed by atoms with Crippen molar-refractivity contribution in [1.29, 1.82) is 0 Å². The molecule has 1 aliphatic rings. The van der Waals surface area contributed by atoms with Crippen molar-refractivity contribution in [2.75, 3.05) is 13.1 Å². The second-order valence-corrected chi connectivity index (χ2v) is 6.33. The van der Waals surface area contributed by atoms with Gasteiger partial charge in [-0.3, -0.25) is 9.59 Å². The lowest BCUT2D eigenvalue weighted by Gasteiger charge is -2.30. The predicted molar refractivity (Wildman–Crippen MR) is 89.9 cm³/mol. The number of H-pyrrole nitrogens is 1. The van der Waals surface area contributed by atoms with Crippen LogP contribution in [-0.2, 0) is 16.0 Å². The highest BCUT2D eigenvalue weighted by molar-refractivity contribution is 5.85. The van der Waals surface area contributed by atoms with Crippen LogP contribution in [0, 0.1) is 12.8 Å². The van der Waals surface area contributed by atoms with Crippen molar-refractivity contribution in [2.45, 2.75) is 32.6 Å². The zero-order valence-corrected chi connectivity index (χ0v) is 13.5. The van der Waals surface area contributed by atoms with Crippen LogP contribution in [0.25, 0.3) is 10.9 Å². The Labute approximate surface area is 135 Å². The summed E-state index contributed by atoms with van der Waals surface area (Å²) in [6.45, 7) is 3.33. The van der Waals surface area contributed by atoms with E-state index in [1.807, 2.05) is 17.0 Å². The number of nitrogens with zero attached hydrogens (tertiary/aromatic N) is 1. The topological polar surface area (TPSA) is 79.2 Å². The zero-order chi connectivity index (χ0) is 16.4. The minimum absolute atomic E-state index is 0.0742. The number of hydrogen-bond donors (Lipinski definition) is 2. The molecule has 1 fully saturated rings. The molecule has 0 aliphatic carbocycles. The third kappa shape index (κ3) is 3.23. The molecule has 0 spiro atoms. The van der Waals surface area contributed by atoms with Gasteiger partial charge in [0.25, 0.3) is 0 Å². The third-order valence-electron chi connectivity index (χ3n) is 4.87. The van der Waals surface area contributed by atoms with Crippen LogP contribution >= 0.6 is 0 Å². The average Bonchev–Trinajstić information content (AvgIpc) is 2.88. The summed E-state index contributed by atoms with van der Waals surface area (Å²) in [4.78, 5) is 28.8. The Morgan fingerprint density at radius 1 is 1.26 bits per heavy atom. The van der Waals surface area contributed by atoms with Crippen molar-refractivity contribution in [3.05, 3.63) is 35.5 Å². The van der Waals surface area contributed by atoms with Crippen molar-refractivity contribution >= 4 is 22.7 Å². The van der Waals surface area contributed by atoms with Crippen molar-refractivity contribution in [2.24, 2.45) is 11.7 Å². The first kappa shape index (κ1) is 15.6. The first-order valence-electron chi connectivity index (χ1n) is 8.19. The summed E-state index contributed by atoms with van der Waals surface area (Å²) in [6, 6.07) is 8.19. The van der Waals surface area contributed by atoms with Gasteiger partial charge in [-0.05, 0) is 37.8 Å². The molecule has 0 saturated carbocycles. The van der Waals surface area contributed by atoms with Crippen LogP contribution in [0.3, 0.4) is 0 Å². The van der Waals surface area contributed by atoms with Crippen LogP contribution in [0.15, 0.2) is 24.3 Å². The maximum atomic E-state index is 12.4. The van der Waals surface area contributed by atoms with E-state index < -0.39 is 0 Å². The molecule has 23 heavy (non-hydrogen) atoms. The van der Waals surface area contributed by atoms with E-state index in [1.54, 1.807) is 0 Å². The number of primary amides is 1. The number of carbonyl (C=O) groups is 2. The van der Waals surface area contributed by atoms with Crippen molar-refractivity contribution < 1.29 is 9.59 Å². The fraction of sp³-hybridized carbons (Fsp3) is 0.444. The predicted octanol–water partition coefficient (Wildman–Crippen LogP) is 2.13.